The van der Waals surface area contributed by atoms with Crippen molar-refractivity contribution >= 4 is 16.9 Å². The van der Waals surface area contributed by atoms with Crippen molar-refractivity contribution in [3.05, 3.63) is 65.5 Å². The lowest BCUT2D eigenvalue weighted by atomic mass is 9.94. The molecule has 27 heavy (non-hydrogen) atoms. The highest BCUT2D eigenvalue weighted by Crippen LogP contribution is 2.26. The number of hydrogen-bond donors (Lipinski definition) is 3. The van der Waals surface area contributed by atoms with Gasteiger partial charge in [0, 0.05) is 26.6 Å². The largest absolute Gasteiger partial charge is 0.345 e. The van der Waals surface area contributed by atoms with Crippen LogP contribution in [0, 0.1) is 12.8 Å². The second-order valence-electron chi connectivity index (χ2n) is 7.18. The van der Waals surface area contributed by atoms with Gasteiger partial charge in [0.25, 0.3) is 0 Å². The predicted molar refractivity (Wildman–Crippen MR) is 106 cm³/mol. The Balaban J connectivity index is 1.42. The van der Waals surface area contributed by atoms with Crippen molar-refractivity contribution in [3.8, 4) is 0 Å². The fourth-order valence-electron chi connectivity index (χ4n) is 3.72. The lowest BCUT2D eigenvalue weighted by Crippen LogP contribution is -2.37. The van der Waals surface area contributed by atoms with Crippen molar-refractivity contribution in [3.63, 3.8) is 0 Å². The van der Waals surface area contributed by atoms with Crippen LogP contribution in [-0.4, -0.2) is 40.9 Å². The predicted octanol–water partition coefficient (Wildman–Crippen LogP) is 2.34. The Morgan fingerprint density at radius 1 is 1.19 bits per heavy atom. The number of nitrogens with zero attached hydrogens (tertiary/aromatic N) is 2. The van der Waals surface area contributed by atoms with E-state index in [4.69, 9.17) is 0 Å². The van der Waals surface area contributed by atoms with E-state index in [9.17, 15) is 4.79 Å². The summed E-state index contributed by atoms with van der Waals surface area (Å²) in [7, 11) is 1.87. The standard InChI is InChI=1S/C21H25N5O/c1-14-7-6-10-17-19(14)24-18(23-17)11-12-26(2)21(27)16-13-22-25-20(16)15-8-4-3-5-9-15/h3-10,16,20,22,25H,11-13H2,1-2H3,(H,23,24). The van der Waals surface area contributed by atoms with Gasteiger partial charge in [0.1, 0.15) is 5.82 Å². The molecule has 0 aliphatic carbocycles. The van der Waals surface area contributed by atoms with E-state index >= 15 is 0 Å². The molecule has 0 radical (unpaired) electrons. The zero-order valence-electron chi connectivity index (χ0n) is 15.7. The highest BCUT2D eigenvalue weighted by atomic mass is 16.2. The summed E-state index contributed by atoms with van der Waals surface area (Å²) in [6.07, 6.45) is 0.708. The van der Waals surface area contributed by atoms with E-state index in [1.165, 1.54) is 0 Å². The molecule has 1 aliphatic heterocycles. The Morgan fingerprint density at radius 2 is 2.00 bits per heavy atom. The zero-order chi connectivity index (χ0) is 18.8. The van der Waals surface area contributed by atoms with Gasteiger partial charge in [-0.3, -0.25) is 10.2 Å². The maximum Gasteiger partial charge on any atom is 0.228 e. The molecule has 1 aromatic heterocycles. The van der Waals surface area contributed by atoms with Crippen LogP contribution in [0.25, 0.3) is 11.0 Å². The van der Waals surface area contributed by atoms with E-state index in [0.717, 1.165) is 28.0 Å². The van der Waals surface area contributed by atoms with Crippen molar-refractivity contribution in [1.82, 2.24) is 25.7 Å². The van der Waals surface area contributed by atoms with Crippen molar-refractivity contribution in [1.29, 1.82) is 0 Å². The molecule has 0 spiro atoms. The van der Waals surface area contributed by atoms with E-state index in [-0.39, 0.29) is 17.9 Å². The second-order valence-corrected chi connectivity index (χ2v) is 7.18. The number of hydrazine groups is 1. The molecule has 6 nitrogen and oxygen atoms in total. The summed E-state index contributed by atoms with van der Waals surface area (Å²) in [5, 5.41) is 0. The lowest BCUT2D eigenvalue weighted by molar-refractivity contribution is -0.134. The number of hydrogen-bond acceptors (Lipinski definition) is 4. The van der Waals surface area contributed by atoms with Crippen molar-refractivity contribution in [2.45, 2.75) is 19.4 Å². The molecule has 2 unspecified atom stereocenters. The number of aryl methyl sites for hydroxylation is 1. The maximum absolute atomic E-state index is 13.0. The van der Waals surface area contributed by atoms with Gasteiger partial charge in [-0.25, -0.2) is 10.4 Å². The van der Waals surface area contributed by atoms with E-state index in [1.807, 2.05) is 42.3 Å². The first-order chi connectivity index (χ1) is 13.1. The third-order valence-corrected chi connectivity index (χ3v) is 5.28. The molecule has 3 N–H and O–H groups in total. The van der Waals surface area contributed by atoms with Crippen LogP contribution in [-0.2, 0) is 11.2 Å². The maximum atomic E-state index is 13.0. The summed E-state index contributed by atoms with van der Waals surface area (Å²) < 4.78 is 0. The Kier molecular flexibility index (Phi) is 4.92. The average Bonchev–Trinajstić information content (AvgIpc) is 3.34. The fourth-order valence-corrected chi connectivity index (χ4v) is 3.72. The number of H-pyrrole nitrogens is 1. The summed E-state index contributed by atoms with van der Waals surface area (Å²) in [4.78, 5) is 22.9. The molecule has 2 aromatic carbocycles. The Hall–Kier alpha value is -2.70. The molecule has 1 amide bonds. The Bertz CT molecular complexity index is 936. The van der Waals surface area contributed by atoms with Crippen molar-refractivity contribution in [2.24, 2.45) is 5.92 Å². The molecular formula is C21H25N5O. The number of aromatic amines is 1. The Morgan fingerprint density at radius 3 is 2.78 bits per heavy atom. The number of amides is 1. The zero-order valence-corrected chi connectivity index (χ0v) is 15.7. The highest BCUT2D eigenvalue weighted by Gasteiger charge is 2.35. The third kappa shape index (κ3) is 3.59. The average molecular weight is 363 g/mol. The number of aromatic nitrogens is 2. The van der Waals surface area contributed by atoms with E-state index in [0.29, 0.717) is 19.5 Å². The normalized spacial score (nSPS) is 19.5. The van der Waals surface area contributed by atoms with Gasteiger partial charge in [-0.2, -0.15) is 0 Å². The minimum atomic E-state index is -0.115. The fraction of sp³-hybridized carbons (Fsp3) is 0.333. The lowest BCUT2D eigenvalue weighted by Gasteiger charge is -2.24. The molecule has 1 fully saturated rings. The van der Waals surface area contributed by atoms with E-state index < -0.39 is 0 Å². The minimum absolute atomic E-state index is 0.00463. The summed E-state index contributed by atoms with van der Waals surface area (Å²) in [6, 6.07) is 16.2. The molecule has 0 bridgehead atoms. The van der Waals surface area contributed by atoms with Crippen LogP contribution in [0.1, 0.15) is 23.0 Å². The number of likely N-dealkylation sites (N-methyl/N-ethyl adjacent to an activating group) is 1. The number of carbonyl (C=O) groups excluding carboxylic acids is 1. The van der Waals surface area contributed by atoms with Crippen molar-refractivity contribution < 1.29 is 4.79 Å². The molecule has 2 atom stereocenters. The minimum Gasteiger partial charge on any atom is -0.345 e. The number of nitrogens with one attached hydrogen (secondary N) is 3. The molecule has 1 aliphatic rings. The van der Waals surface area contributed by atoms with Crippen LogP contribution >= 0.6 is 0 Å². The first-order valence-corrected chi connectivity index (χ1v) is 9.36. The Labute approximate surface area is 159 Å². The van der Waals surface area contributed by atoms with Crippen LogP contribution in [0.15, 0.2) is 48.5 Å². The van der Waals surface area contributed by atoms with Gasteiger partial charge in [0.2, 0.25) is 5.91 Å². The second kappa shape index (κ2) is 7.50. The van der Waals surface area contributed by atoms with E-state index in [1.54, 1.807) is 0 Å². The van der Waals surface area contributed by atoms with Gasteiger partial charge in [0.15, 0.2) is 0 Å². The summed E-state index contributed by atoms with van der Waals surface area (Å²) in [5.41, 5.74) is 10.7. The van der Waals surface area contributed by atoms with Crippen LogP contribution < -0.4 is 10.9 Å². The monoisotopic (exact) mass is 363 g/mol. The number of fused-ring (bicyclic) bond motifs is 1. The van der Waals surface area contributed by atoms with E-state index in [2.05, 4.69) is 45.9 Å². The van der Waals surface area contributed by atoms with Crippen LogP contribution in [0.5, 0.6) is 0 Å². The summed E-state index contributed by atoms with van der Waals surface area (Å²) in [6.45, 7) is 3.33. The molecule has 1 saturated heterocycles. The molecule has 0 saturated carbocycles. The summed E-state index contributed by atoms with van der Waals surface area (Å²) >= 11 is 0. The van der Waals surface area contributed by atoms with Crippen LogP contribution in [0.2, 0.25) is 0 Å². The number of para-hydroxylation sites is 1. The van der Waals surface area contributed by atoms with Gasteiger partial charge >= 0.3 is 0 Å². The van der Waals surface area contributed by atoms with Crippen LogP contribution in [0.4, 0.5) is 0 Å². The number of imidazole rings is 1. The topological polar surface area (TPSA) is 73.1 Å². The third-order valence-electron chi connectivity index (χ3n) is 5.28. The first-order valence-electron chi connectivity index (χ1n) is 9.36. The number of rotatable bonds is 5. The quantitative estimate of drug-likeness (QED) is 0.651. The van der Waals surface area contributed by atoms with Crippen molar-refractivity contribution in [2.75, 3.05) is 20.1 Å². The summed E-state index contributed by atoms with van der Waals surface area (Å²) in [5.74, 6) is 0.949. The van der Waals surface area contributed by atoms with Gasteiger partial charge < -0.3 is 9.88 Å². The first kappa shape index (κ1) is 17.7. The molecule has 140 valence electrons. The highest BCUT2D eigenvalue weighted by molar-refractivity contribution is 5.80. The SMILES string of the molecule is Cc1cccc2[nH]c(CCN(C)C(=O)C3CNNC3c3ccccc3)nc12. The van der Waals surface area contributed by atoms with Crippen LogP contribution in [0.3, 0.4) is 0 Å². The van der Waals surface area contributed by atoms with Gasteiger partial charge in [0.05, 0.1) is 23.0 Å². The number of carbonyl (C=O) groups is 1. The molecule has 3 aromatic rings. The van der Waals surface area contributed by atoms with Gasteiger partial charge in [-0.15, -0.1) is 0 Å². The molecule has 2 heterocycles. The molecular weight excluding hydrogens is 338 g/mol. The van der Waals surface area contributed by atoms with Gasteiger partial charge in [-0.05, 0) is 24.1 Å². The smallest absolute Gasteiger partial charge is 0.228 e. The van der Waals surface area contributed by atoms with Gasteiger partial charge in [-0.1, -0.05) is 42.5 Å². The molecule has 6 heteroatoms. The number of benzene rings is 2. The molecule has 4 rings (SSSR count).